The van der Waals surface area contributed by atoms with Crippen molar-refractivity contribution in [1.29, 1.82) is 0 Å². The summed E-state index contributed by atoms with van der Waals surface area (Å²) in [5, 5.41) is 0. The van der Waals surface area contributed by atoms with Gasteiger partial charge in [-0.3, -0.25) is 4.99 Å². The molecular formula is C8H14NP. The molecule has 0 spiro atoms. The van der Waals surface area contributed by atoms with E-state index >= 15 is 0 Å². The number of allylic oxidation sites excluding steroid dienone is 3. The van der Waals surface area contributed by atoms with Crippen LogP contribution in [0.4, 0.5) is 0 Å². The SMILES string of the molecule is C=C(C)N=C(P)/C(C)=C/C. The minimum Gasteiger partial charge on any atom is -0.254 e. The van der Waals surface area contributed by atoms with Crippen LogP contribution in [0.5, 0.6) is 0 Å². The molecule has 1 nitrogen and oxygen atoms in total. The predicted molar refractivity (Wildman–Crippen MR) is 51.4 cm³/mol. The number of hydrogen-bond acceptors (Lipinski definition) is 1. The van der Waals surface area contributed by atoms with Crippen LogP contribution in [0.25, 0.3) is 0 Å². The van der Waals surface area contributed by atoms with Crippen molar-refractivity contribution >= 4 is 14.7 Å². The quantitative estimate of drug-likeness (QED) is 0.429. The lowest BCUT2D eigenvalue weighted by atomic mass is 10.3. The largest absolute Gasteiger partial charge is 0.254 e. The van der Waals surface area contributed by atoms with Crippen molar-refractivity contribution in [2.45, 2.75) is 20.8 Å². The molecule has 0 aromatic rings. The summed E-state index contributed by atoms with van der Waals surface area (Å²) in [6.45, 7) is 9.58. The summed E-state index contributed by atoms with van der Waals surface area (Å²) in [6.07, 6.45) is 2.02. The Balaban J connectivity index is 4.35. The van der Waals surface area contributed by atoms with Crippen molar-refractivity contribution in [1.82, 2.24) is 0 Å². The van der Waals surface area contributed by atoms with Crippen molar-refractivity contribution < 1.29 is 0 Å². The zero-order chi connectivity index (χ0) is 8.15. The first kappa shape index (κ1) is 9.58. The molecule has 0 saturated carbocycles. The molecule has 0 fully saturated rings. The Morgan fingerprint density at radius 1 is 1.50 bits per heavy atom. The lowest BCUT2D eigenvalue weighted by molar-refractivity contribution is 1.33. The molecule has 1 unspecified atom stereocenters. The van der Waals surface area contributed by atoms with Crippen molar-refractivity contribution in [3.63, 3.8) is 0 Å². The maximum Gasteiger partial charge on any atom is 0.0597 e. The molecule has 0 aliphatic rings. The Bertz CT molecular complexity index is 189. The highest BCUT2D eigenvalue weighted by Crippen LogP contribution is 2.06. The number of rotatable bonds is 2. The van der Waals surface area contributed by atoms with Gasteiger partial charge >= 0.3 is 0 Å². The summed E-state index contributed by atoms with van der Waals surface area (Å²) in [4.78, 5) is 4.16. The fourth-order valence-electron chi connectivity index (χ4n) is 0.442. The third-order valence-corrected chi connectivity index (χ3v) is 1.73. The van der Waals surface area contributed by atoms with Gasteiger partial charge in [-0.15, -0.1) is 0 Å². The van der Waals surface area contributed by atoms with Crippen LogP contribution in [-0.2, 0) is 0 Å². The summed E-state index contributed by atoms with van der Waals surface area (Å²) in [7, 11) is 2.58. The molecule has 56 valence electrons. The van der Waals surface area contributed by atoms with Crippen LogP contribution in [0.3, 0.4) is 0 Å². The lowest BCUT2D eigenvalue weighted by Crippen LogP contribution is -1.87. The van der Waals surface area contributed by atoms with Crippen LogP contribution in [0.1, 0.15) is 20.8 Å². The van der Waals surface area contributed by atoms with Crippen LogP contribution >= 0.6 is 9.24 Å². The Morgan fingerprint density at radius 3 is 2.30 bits per heavy atom. The molecule has 0 aliphatic carbocycles. The Morgan fingerprint density at radius 2 is 2.00 bits per heavy atom. The third-order valence-electron chi connectivity index (χ3n) is 1.15. The zero-order valence-corrected chi connectivity index (χ0v) is 7.96. The standard InChI is InChI=1S/C8H14NP/c1-5-7(4)8(10)9-6(2)3/h5H,2,10H2,1,3-4H3/b7-5+,9-8?. The van der Waals surface area contributed by atoms with E-state index in [9.17, 15) is 0 Å². The number of nitrogens with zero attached hydrogens (tertiary/aromatic N) is 1. The van der Waals surface area contributed by atoms with Gasteiger partial charge in [0.1, 0.15) is 0 Å². The number of hydrogen-bond donors (Lipinski definition) is 0. The Hall–Kier alpha value is -0.420. The van der Waals surface area contributed by atoms with Gasteiger partial charge in [-0.05, 0) is 26.3 Å². The highest BCUT2D eigenvalue weighted by molar-refractivity contribution is 7.42. The maximum absolute atomic E-state index is 4.16. The van der Waals surface area contributed by atoms with E-state index in [0.717, 1.165) is 11.1 Å². The Labute approximate surface area is 65.1 Å². The van der Waals surface area contributed by atoms with E-state index in [1.807, 2.05) is 26.8 Å². The second kappa shape index (κ2) is 4.40. The molecule has 0 aliphatic heterocycles. The molecule has 0 bridgehead atoms. The van der Waals surface area contributed by atoms with Crippen molar-refractivity contribution in [2.24, 2.45) is 4.99 Å². The molecule has 2 heteroatoms. The first-order chi connectivity index (χ1) is 4.57. The molecule has 0 amide bonds. The normalized spacial score (nSPS) is 13.6. The van der Waals surface area contributed by atoms with Gasteiger partial charge in [0, 0.05) is 5.70 Å². The van der Waals surface area contributed by atoms with Gasteiger partial charge in [-0.25, -0.2) is 0 Å². The number of aliphatic imine (C=N–C) groups is 1. The summed E-state index contributed by atoms with van der Waals surface area (Å²) in [5.74, 6) is 0. The van der Waals surface area contributed by atoms with Crippen molar-refractivity contribution in [3.05, 3.63) is 23.9 Å². The maximum atomic E-state index is 4.16. The average molecular weight is 155 g/mol. The van der Waals surface area contributed by atoms with Gasteiger partial charge in [-0.2, -0.15) is 0 Å². The fraction of sp³-hybridized carbons (Fsp3) is 0.375. The minimum absolute atomic E-state index is 0.839. The van der Waals surface area contributed by atoms with Gasteiger partial charge in [0.25, 0.3) is 0 Å². The van der Waals surface area contributed by atoms with E-state index in [4.69, 9.17) is 0 Å². The Kier molecular flexibility index (Phi) is 4.22. The van der Waals surface area contributed by atoms with E-state index in [-0.39, 0.29) is 0 Å². The molecule has 0 saturated heterocycles. The summed E-state index contributed by atoms with van der Waals surface area (Å²) in [5.41, 5.74) is 2.98. The van der Waals surface area contributed by atoms with Crippen molar-refractivity contribution in [3.8, 4) is 0 Å². The lowest BCUT2D eigenvalue weighted by Gasteiger charge is -1.97. The van der Waals surface area contributed by atoms with E-state index in [1.54, 1.807) is 0 Å². The van der Waals surface area contributed by atoms with Crippen LogP contribution in [-0.4, -0.2) is 5.45 Å². The fourth-order valence-corrected chi connectivity index (χ4v) is 0.829. The van der Waals surface area contributed by atoms with Crippen LogP contribution in [0.15, 0.2) is 28.9 Å². The van der Waals surface area contributed by atoms with E-state index in [2.05, 4.69) is 20.8 Å². The van der Waals surface area contributed by atoms with Crippen LogP contribution in [0.2, 0.25) is 0 Å². The van der Waals surface area contributed by atoms with E-state index in [1.165, 1.54) is 5.57 Å². The molecule has 10 heavy (non-hydrogen) atoms. The van der Waals surface area contributed by atoms with Gasteiger partial charge in [-0.1, -0.05) is 21.9 Å². The summed E-state index contributed by atoms with van der Waals surface area (Å²) in [6, 6.07) is 0. The molecule has 1 atom stereocenters. The molecule has 0 aromatic carbocycles. The third kappa shape index (κ3) is 3.58. The summed E-state index contributed by atoms with van der Waals surface area (Å²) >= 11 is 0. The topological polar surface area (TPSA) is 12.4 Å². The average Bonchev–Trinajstić information content (AvgIpc) is 1.85. The molecule has 0 heterocycles. The second-order valence-electron chi connectivity index (χ2n) is 2.20. The first-order valence-corrected chi connectivity index (χ1v) is 3.78. The molecular weight excluding hydrogens is 141 g/mol. The van der Waals surface area contributed by atoms with Crippen LogP contribution < -0.4 is 0 Å². The van der Waals surface area contributed by atoms with Gasteiger partial charge in [0.2, 0.25) is 0 Å². The zero-order valence-electron chi connectivity index (χ0n) is 6.81. The molecule has 0 N–H and O–H groups in total. The van der Waals surface area contributed by atoms with Crippen LogP contribution in [0, 0.1) is 0 Å². The van der Waals surface area contributed by atoms with Gasteiger partial charge < -0.3 is 0 Å². The highest BCUT2D eigenvalue weighted by Gasteiger charge is 1.90. The minimum atomic E-state index is 0.839. The van der Waals surface area contributed by atoms with Gasteiger partial charge in [0.05, 0.1) is 5.45 Å². The van der Waals surface area contributed by atoms with E-state index < -0.39 is 0 Å². The predicted octanol–water partition coefficient (Wildman–Crippen LogP) is 2.76. The highest BCUT2D eigenvalue weighted by atomic mass is 31.0. The smallest absolute Gasteiger partial charge is 0.0597 e. The van der Waals surface area contributed by atoms with Gasteiger partial charge in [0.15, 0.2) is 0 Å². The molecule has 0 radical (unpaired) electrons. The summed E-state index contributed by atoms with van der Waals surface area (Å²) < 4.78 is 0. The molecule has 0 aromatic heterocycles. The van der Waals surface area contributed by atoms with Crippen molar-refractivity contribution in [2.75, 3.05) is 0 Å². The first-order valence-electron chi connectivity index (χ1n) is 3.21. The van der Waals surface area contributed by atoms with E-state index in [0.29, 0.717) is 0 Å². The monoisotopic (exact) mass is 155 g/mol. The molecule has 0 rings (SSSR count). The second-order valence-corrected chi connectivity index (χ2v) is 2.75.